The van der Waals surface area contributed by atoms with E-state index in [1.54, 1.807) is 6.07 Å². The Kier molecular flexibility index (Phi) is 3.65. The monoisotopic (exact) mass is 193 g/mol. The molecule has 1 aromatic rings. The Balaban J connectivity index is 2.73. The molecule has 0 aliphatic rings. The summed E-state index contributed by atoms with van der Waals surface area (Å²) in [7, 11) is 4.00. The highest BCUT2D eigenvalue weighted by Crippen LogP contribution is 2.14. The average molecular weight is 193 g/mol. The van der Waals surface area contributed by atoms with E-state index in [4.69, 9.17) is 4.74 Å². The molecule has 76 valence electrons. The molecule has 0 bridgehead atoms. The lowest BCUT2D eigenvalue weighted by molar-refractivity contribution is -0.131. The van der Waals surface area contributed by atoms with Crippen molar-refractivity contribution < 1.29 is 9.53 Å². The molecule has 0 unspecified atom stereocenters. The molecule has 1 aromatic carbocycles. The SMILES string of the molecule is CC(=O)Oc1cccc(CN(C)C)c1. The summed E-state index contributed by atoms with van der Waals surface area (Å²) in [5.41, 5.74) is 1.13. The van der Waals surface area contributed by atoms with E-state index in [-0.39, 0.29) is 5.97 Å². The van der Waals surface area contributed by atoms with Gasteiger partial charge in [0, 0.05) is 13.5 Å². The molecule has 0 saturated heterocycles. The molecule has 14 heavy (non-hydrogen) atoms. The first-order valence-corrected chi connectivity index (χ1v) is 4.50. The van der Waals surface area contributed by atoms with Crippen LogP contribution in [0.5, 0.6) is 5.75 Å². The predicted octanol–water partition coefficient (Wildman–Crippen LogP) is 1.67. The quantitative estimate of drug-likeness (QED) is 0.540. The zero-order chi connectivity index (χ0) is 10.6. The van der Waals surface area contributed by atoms with Crippen LogP contribution in [0.1, 0.15) is 12.5 Å². The van der Waals surface area contributed by atoms with Crippen LogP contribution >= 0.6 is 0 Å². The fraction of sp³-hybridized carbons (Fsp3) is 0.364. The smallest absolute Gasteiger partial charge is 0.308 e. The molecule has 0 heterocycles. The Morgan fingerprint density at radius 3 is 2.71 bits per heavy atom. The standard InChI is InChI=1S/C11H15NO2/c1-9(13)14-11-6-4-5-10(7-11)8-12(2)3/h4-7H,8H2,1-3H3. The Labute approximate surface area is 84.3 Å². The van der Waals surface area contributed by atoms with Crippen LogP contribution in [0.15, 0.2) is 24.3 Å². The van der Waals surface area contributed by atoms with E-state index in [0.717, 1.165) is 12.1 Å². The van der Waals surface area contributed by atoms with Crippen LogP contribution in [0.25, 0.3) is 0 Å². The number of hydrogen-bond acceptors (Lipinski definition) is 3. The lowest BCUT2D eigenvalue weighted by atomic mass is 10.2. The minimum absolute atomic E-state index is 0.285. The molecular formula is C11H15NO2. The van der Waals surface area contributed by atoms with Crippen LogP contribution in [-0.2, 0) is 11.3 Å². The highest BCUT2D eigenvalue weighted by molar-refractivity contribution is 5.69. The number of nitrogens with zero attached hydrogens (tertiary/aromatic N) is 1. The second-order valence-corrected chi connectivity index (χ2v) is 3.48. The molecule has 0 N–H and O–H groups in total. The van der Waals surface area contributed by atoms with Gasteiger partial charge in [-0.3, -0.25) is 4.79 Å². The maximum Gasteiger partial charge on any atom is 0.308 e. The van der Waals surface area contributed by atoms with Gasteiger partial charge in [-0.2, -0.15) is 0 Å². The van der Waals surface area contributed by atoms with Gasteiger partial charge in [0.05, 0.1) is 0 Å². The lowest BCUT2D eigenvalue weighted by Crippen LogP contribution is -2.10. The van der Waals surface area contributed by atoms with E-state index in [0.29, 0.717) is 5.75 Å². The summed E-state index contributed by atoms with van der Waals surface area (Å²) in [5.74, 6) is 0.323. The zero-order valence-corrected chi connectivity index (χ0v) is 8.78. The molecule has 0 fully saturated rings. The van der Waals surface area contributed by atoms with Crippen LogP contribution in [0.3, 0.4) is 0 Å². The van der Waals surface area contributed by atoms with Gasteiger partial charge in [-0.15, -0.1) is 0 Å². The Morgan fingerprint density at radius 2 is 2.14 bits per heavy atom. The van der Waals surface area contributed by atoms with Gasteiger partial charge in [-0.1, -0.05) is 12.1 Å². The summed E-state index contributed by atoms with van der Waals surface area (Å²) in [6.45, 7) is 2.24. The van der Waals surface area contributed by atoms with Crippen molar-refractivity contribution in [1.29, 1.82) is 0 Å². The largest absolute Gasteiger partial charge is 0.427 e. The molecule has 1 rings (SSSR count). The van der Waals surface area contributed by atoms with Gasteiger partial charge in [0.1, 0.15) is 5.75 Å². The van der Waals surface area contributed by atoms with Gasteiger partial charge in [-0.25, -0.2) is 0 Å². The number of hydrogen-bond donors (Lipinski definition) is 0. The van der Waals surface area contributed by atoms with E-state index >= 15 is 0 Å². The second kappa shape index (κ2) is 4.77. The third-order valence-corrected chi connectivity index (χ3v) is 1.66. The van der Waals surface area contributed by atoms with Crippen molar-refractivity contribution in [3.63, 3.8) is 0 Å². The first-order valence-electron chi connectivity index (χ1n) is 4.50. The first kappa shape index (κ1) is 10.7. The average Bonchev–Trinajstić information content (AvgIpc) is 2.01. The van der Waals surface area contributed by atoms with Gasteiger partial charge in [0.25, 0.3) is 0 Å². The maximum atomic E-state index is 10.7. The number of rotatable bonds is 3. The third kappa shape index (κ3) is 3.58. The van der Waals surface area contributed by atoms with Crippen molar-refractivity contribution in [2.45, 2.75) is 13.5 Å². The highest BCUT2D eigenvalue weighted by atomic mass is 16.5. The molecule has 0 aromatic heterocycles. The second-order valence-electron chi connectivity index (χ2n) is 3.48. The lowest BCUT2D eigenvalue weighted by Gasteiger charge is -2.10. The first-order chi connectivity index (χ1) is 6.58. The fourth-order valence-electron chi connectivity index (χ4n) is 1.24. The molecule has 0 spiro atoms. The van der Waals surface area contributed by atoms with Gasteiger partial charge in [-0.05, 0) is 31.8 Å². The number of esters is 1. The summed E-state index contributed by atoms with van der Waals surface area (Å²) in [6, 6.07) is 7.55. The van der Waals surface area contributed by atoms with E-state index in [1.807, 2.05) is 32.3 Å². The summed E-state index contributed by atoms with van der Waals surface area (Å²) in [6.07, 6.45) is 0. The van der Waals surface area contributed by atoms with E-state index in [2.05, 4.69) is 4.90 Å². The van der Waals surface area contributed by atoms with E-state index < -0.39 is 0 Å². The van der Waals surface area contributed by atoms with Crippen molar-refractivity contribution in [3.8, 4) is 5.75 Å². The van der Waals surface area contributed by atoms with Crippen LogP contribution in [0.4, 0.5) is 0 Å². The molecule has 0 amide bonds. The zero-order valence-electron chi connectivity index (χ0n) is 8.78. The summed E-state index contributed by atoms with van der Waals surface area (Å²) in [5, 5.41) is 0. The van der Waals surface area contributed by atoms with Crippen molar-refractivity contribution in [2.75, 3.05) is 14.1 Å². The van der Waals surface area contributed by atoms with Crippen molar-refractivity contribution in [2.24, 2.45) is 0 Å². The van der Waals surface area contributed by atoms with Crippen molar-refractivity contribution in [3.05, 3.63) is 29.8 Å². The number of ether oxygens (including phenoxy) is 1. The Hall–Kier alpha value is -1.35. The molecule has 0 radical (unpaired) electrons. The summed E-state index contributed by atoms with van der Waals surface area (Å²) >= 11 is 0. The van der Waals surface area contributed by atoms with E-state index in [9.17, 15) is 4.79 Å². The van der Waals surface area contributed by atoms with Crippen molar-refractivity contribution in [1.82, 2.24) is 4.90 Å². The normalized spacial score (nSPS) is 10.3. The number of carbonyl (C=O) groups is 1. The van der Waals surface area contributed by atoms with Gasteiger partial charge < -0.3 is 9.64 Å². The Bertz CT molecular complexity index is 321. The highest BCUT2D eigenvalue weighted by Gasteiger charge is 2.00. The van der Waals surface area contributed by atoms with Gasteiger partial charge in [0.2, 0.25) is 0 Å². The molecule has 0 aliphatic heterocycles. The topological polar surface area (TPSA) is 29.5 Å². The van der Waals surface area contributed by atoms with Crippen LogP contribution in [0.2, 0.25) is 0 Å². The van der Waals surface area contributed by atoms with Gasteiger partial charge >= 0.3 is 5.97 Å². The maximum absolute atomic E-state index is 10.7. The predicted molar refractivity (Wildman–Crippen MR) is 55.1 cm³/mol. The third-order valence-electron chi connectivity index (χ3n) is 1.66. The summed E-state index contributed by atoms with van der Waals surface area (Å²) in [4.78, 5) is 12.8. The van der Waals surface area contributed by atoms with Crippen LogP contribution in [-0.4, -0.2) is 25.0 Å². The molecule has 0 atom stereocenters. The minimum Gasteiger partial charge on any atom is -0.427 e. The van der Waals surface area contributed by atoms with Crippen LogP contribution < -0.4 is 4.74 Å². The van der Waals surface area contributed by atoms with E-state index in [1.165, 1.54) is 6.92 Å². The fourth-order valence-corrected chi connectivity index (χ4v) is 1.24. The van der Waals surface area contributed by atoms with Crippen LogP contribution in [0, 0.1) is 0 Å². The van der Waals surface area contributed by atoms with Crippen molar-refractivity contribution >= 4 is 5.97 Å². The number of carbonyl (C=O) groups excluding carboxylic acids is 1. The minimum atomic E-state index is -0.285. The number of benzene rings is 1. The molecule has 3 nitrogen and oxygen atoms in total. The van der Waals surface area contributed by atoms with Gasteiger partial charge in [0.15, 0.2) is 0 Å². The molecule has 0 saturated carbocycles. The molecule has 3 heteroatoms. The molecule has 0 aliphatic carbocycles. The summed E-state index contributed by atoms with van der Waals surface area (Å²) < 4.78 is 4.98. The Morgan fingerprint density at radius 1 is 1.43 bits per heavy atom. The molecular weight excluding hydrogens is 178 g/mol.